The Morgan fingerprint density at radius 2 is 1.84 bits per heavy atom. The van der Waals surface area contributed by atoms with Crippen LogP contribution in [0.4, 0.5) is 11.5 Å². The summed E-state index contributed by atoms with van der Waals surface area (Å²) in [5, 5.41) is 3.51. The normalized spacial score (nSPS) is 15.7. The molecule has 0 spiro atoms. The molecule has 4 aromatic rings. The highest BCUT2D eigenvalue weighted by atomic mass is 15.2. The van der Waals surface area contributed by atoms with Gasteiger partial charge in [0.1, 0.15) is 5.82 Å². The van der Waals surface area contributed by atoms with Crippen molar-refractivity contribution in [3.05, 3.63) is 78.1 Å². The van der Waals surface area contributed by atoms with Gasteiger partial charge in [0.15, 0.2) is 5.82 Å². The number of imidazole rings is 1. The van der Waals surface area contributed by atoms with Crippen molar-refractivity contribution in [3.8, 4) is 28.3 Å². The zero-order valence-electron chi connectivity index (χ0n) is 17.6. The quantitative estimate of drug-likeness (QED) is 0.411. The number of rotatable bonds is 3. The lowest BCUT2D eigenvalue weighted by atomic mass is 9.72. The van der Waals surface area contributed by atoms with Crippen LogP contribution in [0.5, 0.6) is 0 Å². The van der Waals surface area contributed by atoms with Gasteiger partial charge >= 0.3 is 0 Å². The molecule has 2 aromatic carbocycles. The van der Waals surface area contributed by atoms with Crippen LogP contribution in [0.3, 0.4) is 0 Å². The lowest BCUT2D eigenvalue weighted by Crippen LogP contribution is -2.43. The first-order valence-electron chi connectivity index (χ1n) is 11.0. The molecule has 0 radical (unpaired) electrons. The topological polar surface area (TPSA) is 68.8 Å². The molecule has 154 valence electrons. The second kappa shape index (κ2) is 6.79. The molecule has 1 saturated carbocycles. The summed E-state index contributed by atoms with van der Waals surface area (Å²) < 4.78 is 2.26. The van der Waals surface area contributed by atoms with Gasteiger partial charge in [-0.05, 0) is 55.5 Å². The van der Waals surface area contributed by atoms with E-state index in [1.807, 2.05) is 18.3 Å². The van der Waals surface area contributed by atoms with Gasteiger partial charge in [-0.1, -0.05) is 43.3 Å². The summed E-state index contributed by atoms with van der Waals surface area (Å²) in [6.07, 6.45) is 6.02. The van der Waals surface area contributed by atoms with Gasteiger partial charge in [-0.25, -0.2) is 9.97 Å². The third-order valence-electron chi connectivity index (χ3n) is 6.71. The number of aromatic nitrogens is 3. The molecule has 5 nitrogen and oxygen atoms in total. The van der Waals surface area contributed by atoms with Crippen molar-refractivity contribution in [3.63, 3.8) is 0 Å². The molecule has 1 aliphatic heterocycles. The Kier molecular flexibility index (Phi) is 4.02. The van der Waals surface area contributed by atoms with Crippen molar-refractivity contribution >= 4 is 11.5 Å². The van der Waals surface area contributed by atoms with Crippen molar-refractivity contribution < 1.29 is 0 Å². The summed E-state index contributed by atoms with van der Waals surface area (Å²) >= 11 is 0. The third kappa shape index (κ3) is 2.73. The number of fused-ring (bicyclic) bond motifs is 5. The fourth-order valence-corrected chi connectivity index (χ4v) is 4.82. The molecule has 0 atom stereocenters. The highest BCUT2D eigenvalue weighted by molar-refractivity contribution is 5.86. The van der Waals surface area contributed by atoms with Crippen LogP contribution in [0.25, 0.3) is 28.3 Å². The standard InChI is InChI=1S/C26H25N5/c1-2-20-23(17-10-12-18(13-11-17)26(27)14-6-15-26)31-22-9-5-16-28-24(22)29-21-8-4-3-7-19(21)25(31)30-20/h3-5,7-13,16H,2,6,14-15,27H2,1H3,(H,28,29). The lowest BCUT2D eigenvalue weighted by molar-refractivity contribution is 0.253. The van der Waals surface area contributed by atoms with E-state index in [2.05, 4.69) is 70.3 Å². The van der Waals surface area contributed by atoms with Gasteiger partial charge in [-0.3, -0.25) is 4.57 Å². The Morgan fingerprint density at radius 1 is 1.03 bits per heavy atom. The molecule has 5 heteroatoms. The maximum absolute atomic E-state index is 6.56. The number of nitrogens with one attached hydrogen (secondary N) is 1. The molecule has 0 unspecified atom stereocenters. The van der Waals surface area contributed by atoms with Gasteiger partial charge in [0.25, 0.3) is 0 Å². The van der Waals surface area contributed by atoms with Crippen LogP contribution < -0.4 is 11.1 Å². The Balaban J connectivity index is 1.60. The van der Waals surface area contributed by atoms with Crippen molar-refractivity contribution in [2.45, 2.75) is 38.1 Å². The highest BCUT2D eigenvalue weighted by Crippen LogP contribution is 2.43. The predicted molar refractivity (Wildman–Crippen MR) is 125 cm³/mol. The van der Waals surface area contributed by atoms with E-state index in [1.54, 1.807) is 0 Å². The van der Waals surface area contributed by atoms with Gasteiger partial charge in [0.05, 0.1) is 22.8 Å². The summed E-state index contributed by atoms with van der Waals surface area (Å²) in [5.74, 6) is 1.78. The van der Waals surface area contributed by atoms with E-state index < -0.39 is 0 Å². The molecule has 2 aromatic heterocycles. The number of para-hydroxylation sites is 1. The second-order valence-electron chi connectivity index (χ2n) is 8.55. The van der Waals surface area contributed by atoms with Gasteiger partial charge < -0.3 is 11.1 Å². The molecule has 0 saturated heterocycles. The molecular weight excluding hydrogens is 382 g/mol. The summed E-state index contributed by atoms with van der Waals surface area (Å²) in [6.45, 7) is 2.16. The Hall–Kier alpha value is -3.44. The van der Waals surface area contributed by atoms with Crippen LogP contribution in [0.15, 0.2) is 66.9 Å². The van der Waals surface area contributed by atoms with Crippen molar-refractivity contribution in [2.24, 2.45) is 5.73 Å². The molecule has 6 rings (SSSR count). The Bertz CT molecular complexity index is 1280. The van der Waals surface area contributed by atoms with Crippen LogP contribution in [0.1, 0.15) is 37.4 Å². The smallest absolute Gasteiger partial charge is 0.154 e. The first kappa shape index (κ1) is 18.3. The monoisotopic (exact) mass is 407 g/mol. The number of hydrogen-bond acceptors (Lipinski definition) is 4. The molecular formula is C26H25N5. The Labute approximate surface area is 182 Å². The van der Waals surface area contributed by atoms with E-state index in [0.29, 0.717) is 0 Å². The van der Waals surface area contributed by atoms with Gasteiger partial charge in [0, 0.05) is 22.9 Å². The van der Waals surface area contributed by atoms with Gasteiger partial charge in [-0.2, -0.15) is 0 Å². The number of nitrogens with two attached hydrogens (primary N) is 1. The maximum Gasteiger partial charge on any atom is 0.154 e. The van der Waals surface area contributed by atoms with Gasteiger partial charge in [0.2, 0.25) is 0 Å². The van der Waals surface area contributed by atoms with E-state index in [0.717, 1.165) is 64.8 Å². The van der Waals surface area contributed by atoms with E-state index in [9.17, 15) is 0 Å². The molecule has 0 bridgehead atoms. The number of pyridine rings is 1. The fraction of sp³-hybridized carbons (Fsp3) is 0.231. The van der Waals surface area contributed by atoms with Crippen molar-refractivity contribution in [1.29, 1.82) is 0 Å². The highest BCUT2D eigenvalue weighted by Gasteiger charge is 2.34. The van der Waals surface area contributed by atoms with Crippen molar-refractivity contribution in [2.75, 3.05) is 5.32 Å². The average Bonchev–Trinajstić information content (AvgIpc) is 3.11. The molecule has 1 aliphatic carbocycles. The number of benzene rings is 2. The molecule has 3 N–H and O–H groups in total. The SMILES string of the molecule is CCc1nc2n(c1-c1ccc(C3(N)CCC3)cc1)-c1cccnc1Nc1ccccc1-2. The summed E-state index contributed by atoms with van der Waals surface area (Å²) in [6, 6.07) is 21.2. The molecule has 31 heavy (non-hydrogen) atoms. The van der Waals surface area contributed by atoms with Crippen LogP contribution in [0.2, 0.25) is 0 Å². The summed E-state index contributed by atoms with van der Waals surface area (Å²) in [7, 11) is 0. The minimum absolute atomic E-state index is 0.153. The zero-order chi connectivity index (χ0) is 21.0. The van der Waals surface area contributed by atoms with Crippen LogP contribution in [-0.4, -0.2) is 14.5 Å². The number of nitrogens with zero attached hydrogens (tertiary/aromatic N) is 3. The fourth-order valence-electron chi connectivity index (χ4n) is 4.82. The van der Waals surface area contributed by atoms with E-state index in [4.69, 9.17) is 10.7 Å². The third-order valence-corrected chi connectivity index (χ3v) is 6.71. The minimum Gasteiger partial charge on any atom is -0.338 e. The second-order valence-corrected chi connectivity index (χ2v) is 8.55. The molecule has 3 heterocycles. The van der Waals surface area contributed by atoms with Crippen molar-refractivity contribution in [1.82, 2.24) is 14.5 Å². The molecule has 0 amide bonds. The average molecular weight is 408 g/mol. The molecule has 1 fully saturated rings. The first-order valence-corrected chi connectivity index (χ1v) is 11.0. The number of anilines is 2. The van der Waals surface area contributed by atoms with E-state index >= 15 is 0 Å². The van der Waals surface area contributed by atoms with E-state index in [-0.39, 0.29) is 5.54 Å². The van der Waals surface area contributed by atoms with Crippen LogP contribution >= 0.6 is 0 Å². The molecule has 2 aliphatic rings. The zero-order valence-corrected chi connectivity index (χ0v) is 17.6. The van der Waals surface area contributed by atoms with Crippen LogP contribution in [0, 0.1) is 0 Å². The summed E-state index contributed by atoms with van der Waals surface area (Å²) in [5.41, 5.74) is 14.1. The number of aryl methyl sites for hydroxylation is 1. The summed E-state index contributed by atoms with van der Waals surface area (Å²) in [4.78, 5) is 9.75. The lowest BCUT2D eigenvalue weighted by Gasteiger charge is -2.38. The predicted octanol–water partition coefficient (Wildman–Crippen LogP) is 5.56. The van der Waals surface area contributed by atoms with Crippen LogP contribution in [-0.2, 0) is 12.0 Å². The maximum atomic E-state index is 6.56. The number of hydrogen-bond donors (Lipinski definition) is 2. The minimum atomic E-state index is -0.153. The largest absolute Gasteiger partial charge is 0.338 e. The van der Waals surface area contributed by atoms with Gasteiger partial charge in [-0.15, -0.1) is 0 Å². The van der Waals surface area contributed by atoms with E-state index in [1.165, 1.54) is 12.0 Å². The Morgan fingerprint density at radius 3 is 2.58 bits per heavy atom. The first-order chi connectivity index (χ1) is 15.2.